The van der Waals surface area contributed by atoms with Gasteiger partial charge >= 0.3 is 0 Å². The Kier molecular flexibility index (Phi) is 10.7. The maximum Gasteiger partial charge on any atom is 0.188 e. The number of nitrogens with one attached hydrogen (secondary N) is 1. The lowest BCUT2D eigenvalue weighted by Crippen LogP contribution is -2.34. The van der Waals surface area contributed by atoms with E-state index in [1.54, 1.807) is 7.11 Å². The summed E-state index contributed by atoms with van der Waals surface area (Å²) in [4.78, 5) is 4.53. The van der Waals surface area contributed by atoms with E-state index in [9.17, 15) is 0 Å². The molecule has 1 aliphatic rings. The second-order valence-electron chi connectivity index (χ2n) is 5.43. The third kappa shape index (κ3) is 7.34. The van der Waals surface area contributed by atoms with Gasteiger partial charge in [-0.3, -0.25) is 4.99 Å². The zero-order valence-corrected chi connectivity index (χ0v) is 14.7. The Hall–Kier alpha value is -0.0400. The van der Waals surface area contributed by atoms with Gasteiger partial charge in [0, 0.05) is 26.8 Å². The fourth-order valence-corrected chi connectivity index (χ4v) is 2.63. The summed E-state index contributed by atoms with van der Waals surface area (Å²) in [5.74, 6) is 0.604. The van der Waals surface area contributed by atoms with Crippen molar-refractivity contribution in [2.45, 2.75) is 51.9 Å². The van der Waals surface area contributed by atoms with Gasteiger partial charge in [-0.2, -0.15) is 0 Å². The molecule has 0 spiro atoms. The summed E-state index contributed by atoms with van der Waals surface area (Å²) in [6.45, 7) is 4.78. The molecule has 3 N–H and O–H groups in total. The molecule has 5 heteroatoms. The maximum absolute atomic E-state index is 5.89. The van der Waals surface area contributed by atoms with Crippen LogP contribution in [-0.4, -0.2) is 32.8 Å². The summed E-state index contributed by atoms with van der Waals surface area (Å²) >= 11 is 0. The summed E-state index contributed by atoms with van der Waals surface area (Å²) < 4.78 is 5.22. The normalized spacial score (nSPS) is 18.1. The number of methoxy groups -OCH3 is 1. The summed E-state index contributed by atoms with van der Waals surface area (Å²) in [5, 5.41) is 3.18. The van der Waals surface area contributed by atoms with Crippen LogP contribution in [0.4, 0.5) is 0 Å². The van der Waals surface area contributed by atoms with Gasteiger partial charge in [-0.15, -0.1) is 24.0 Å². The first kappa shape index (κ1) is 19.0. The van der Waals surface area contributed by atoms with Gasteiger partial charge in [0.1, 0.15) is 0 Å². The van der Waals surface area contributed by atoms with Gasteiger partial charge in [0.25, 0.3) is 0 Å². The Morgan fingerprint density at radius 1 is 1.37 bits per heavy atom. The molecule has 0 aromatic carbocycles. The van der Waals surface area contributed by atoms with E-state index in [1.807, 2.05) is 0 Å². The molecule has 0 bridgehead atoms. The molecule has 0 amide bonds. The second kappa shape index (κ2) is 10.7. The van der Waals surface area contributed by atoms with Crippen LogP contribution in [0.5, 0.6) is 0 Å². The minimum atomic E-state index is 0. The fraction of sp³-hybridized carbons (Fsp3) is 0.929. The Balaban J connectivity index is 0.00000324. The number of nitrogens with two attached hydrogens (primary N) is 1. The van der Waals surface area contributed by atoms with E-state index < -0.39 is 0 Å². The van der Waals surface area contributed by atoms with Crippen molar-refractivity contribution < 1.29 is 4.74 Å². The Bertz CT molecular complexity index is 253. The van der Waals surface area contributed by atoms with Crippen LogP contribution in [0.2, 0.25) is 0 Å². The van der Waals surface area contributed by atoms with Gasteiger partial charge in [-0.25, -0.2) is 0 Å². The van der Waals surface area contributed by atoms with Crippen LogP contribution in [0.25, 0.3) is 0 Å². The summed E-state index contributed by atoms with van der Waals surface area (Å²) in [5.41, 5.74) is 6.23. The molecular weight excluding hydrogens is 353 g/mol. The number of halogens is 1. The van der Waals surface area contributed by atoms with E-state index in [0.29, 0.717) is 11.4 Å². The number of nitrogens with zero attached hydrogens (tertiary/aromatic N) is 1. The minimum absolute atomic E-state index is 0. The lowest BCUT2D eigenvalue weighted by molar-refractivity contribution is 0.141. The third-order valence-electron chi connectivity index (χ3n) is 3.92. The number of hydrogen-bond donors (Lipinski definition) is 2. The zero-order chi connectivity index (χ0) is 13.3. The molecule has 0 heterocycles. The standard InChI is InChI=1S/C14H29N3O.HI/c1-3-4-10-16-13(15)17-12-14(9-11-18-2)7-5-6-8-14;/h3-12H2,1-2H3,(H3,15,16,17);1H. The fourth-order valence-electron chi connectivity index (χ4n) is 2.63. The lowest BCUT2D eigenvalue weighted by Gasteiger charge is -2.26. The molecule has 0 aliphatic heterocycles. The zero-order valence-electron chi connectivity index (χ0n) is 12.4. The number of ether oxygens (including phenoxy) is 1. The van der Waals surface area contributed by atoms with Crippen molar-refractivity contribution in [1.82, 2.24) is 5.32 Å². The van der Waals surface area contributed by atoms with Crippen LogP contribution in [0, 0.1) is 5.41 Å². The summed E-state index contributed by atoms with van der Waals surface area (Å²) in [6.07, 6.45) is 8.60. The molecule has 1 fully saturated rings. The van der Waals surface area contributed by atoms with Crippen LogP contribution in [0.15, 0.2) is 4.99 Å². The van der Waals surface area contributed by atoms with Crippen molar-refractivity contribution in [1.29, 1.82) is 0 Å². The average molecular weight is 383 g/mol. The van der Waals surface area contributed by atoms with Crippen molar-refractivity contribution >= 4 is 29.9 Å². The van der Waals surface area contributed by atoms with Crippen LogP contribution in [0.3, 0.4) is 0 Å². The van der Waals surface area contributed by atoms with E-state index in [-0.39, 0.29) is 24.0 Å². The van der Waals surface area contributed by atoms with Crippen LogP contribution >= 0.6 is 24.0 Å². The number of guanidine groups is 1. The molecule has 0 radical (unpaired) electrons. The highest BCUT2D eigenvalue weighted by Gasteiger charge is 2.33. The summed E-state index contributed by atoms with van der Waals surface area (Å²) in [7, 11) is 1.77. The molecule has 1 rings (SSSR count). The smallest absolute Gasteiger partial charge is 0.188 e. The predicted molar refractivity (Wildman–Crippen MR) is 92.2 cm³/mol. The van der Waals surface area contributed by atoms with Crippen LogP contribution in [-0.2, 0) is 4.74 Å². The van der Waals surface area contributed by atoms with E-state index in [0.717, 1.165) is 32.5 Å². The molecule has 0 aromatic rings. The number of hydrogen-bond acceptors (Lipinski definition) is 2. The van der Waals surface area contributed by atoms with E-state index in [4.69, 9.17) is 10.5 Å². The number of unbranched alkanes of at least 4 members (excludes halogenated alkanes) is 1. The van der Waals surface area contributed by atoms with Crippen molar-refractivity contribution in [3.63, 3.8) is 0 Å². The van der Waals surface area contributed by atoms with Gasteiger partial charge < -0.3 is 15.8 Å². The largest absolute Gasteiger partial charge is 0.385 e. The van der Waals surface area contributed by atoms with Crippen molar-refractivity contribution in [2.24, 2.45) is 16.1 Å². The van der Waals surface area contributed by atoms with Gasteiger partial charge in [-0.05, 0) is 31.1 Å². The molecule has 0 saturated heterocycles. The third-order valence-corrected chi connectivity index (χ3v) is 3.92. The predicted octanol–water partition coefficient (Wildman–Crippen LogP) is 2.91. The topological polar surface area (TPSA) is 59.6 Å². The Morgan fingerprint density at radius 2 is 2.05 bits per heavy atom. The van der Waals surface area contributed by atoms with Crippen molar-refractivity contribution in [3.05, 3.63) is 0 Å². The second-order valence-corrected chi connectivity index (χ2v) is 5.43. The minimum Gasteiger partial charge on any atom is -0.385 e. The van der Waals surface area contributed by atoms with Gasteiger partial charge in [-0.1, -0.05) is 26.2 Å². The van der Waals surface area contributed by atoms with Crippen molar-refractivity contribution in [3.8, 4) is 0 Å². The van der Waals surface area contributed by atoms with E-state index in [2.05, 4.69) is 17.2 Å². The summed E-state index contributed by atoms with van der Waals surface area (Å²) in [6, 6.07) is 0. The SMILES string of the molecule is CCCCNC(N)=NCC1(CCOC)CCCC1.I. The molecule has 0 aromatic heterocycles. The number of aliphatic imine (C=N–C) groups is 1. The van der Waals surface area contributed by atoms with Crippen LogP contribution < -0.4 is 11.1 Å². The van der Waals surface area contributed by atoms with E-state index in [1.165, 1.54) is 32.1 Å². The lowest BCUT2D eigenvalue weighted by atomic mass is 9.83. The molecule has 1 saturated carbocycles. The van der Waals surface area contributed by atoms with Gasteiger partial charge in [0.15, 0.2) is 5.96 Å². The van der Waals surface area contributed by atoms with Crippen LogP contribution in [0.1, 0.15) is 51.9 Å². The van der Waals surface area contributed by atoms with Crippen molar-refractivity contribution in [2.75, 3.05) is 26.8 Å². The molecule has 114 valence electrons. The first-order valence-electron chi connectivity index (χ1n) is 7.25. The Morgan fingerprint density at radius 3 is 2.63 bits per heavy atom. The Labute approximate surface area is 135 Å². The first-order chi connectivity index (χ1) is 8.72. The van der Waals surface area contributed by atoms with Gasteiger partial charge in [0.2, 0.25) is 0 Å². The molecule has 19 heavy (non-hydrogen) atoms. The highest BCUT2D eigenvalue weighted by molar-refractivity contribution is 14.0. The van der Waals surface area contributed by atoms with Gasteiger partial charge in [0.05, 0.1) is 0 Å². The molecule has 0 unspecified atom stereocenters. The molecule has 0 atom stereocenters. The number of rotatable bonds is 8. The highest BCUT2D eigenvalue weighted by atomic mass is 127. The quantitative estimate of drug-likeness (QED) is 0.293. The van der Waals surface area contributed by atoms with E-state index >= 15 is 0 Å². The molecule has 4 nitrogen and oxygen atoms in total. The monoisotopic (exact) mass is 383 g/mol. The average Bonchev–Trinajstić information content (AvgIpc) is 2.84. The molecular formula is C14H30IN3O. The highest BCUT2D eigenvalue weighted by Crippen LogP contribution is 2.41. The molecule has 1 aliphatic carbocycles. The first-order valence-corrected chi connectivity index (χ1v) is 7.25. The maximum atomic E-state index is 5.89.